The van der Waals surface area contributed by atoms with Gasteiger partial charge in [-0.05, 0) is 37.5 Å². The summed E-state index contributed by atoms with van der Waals surface area (Å²) in [6.07, 6.45) is 2.49. The average Bonchev–Trinajstić information content (AvgIpc) is 2.96. The number of aliphatic hydroxyl groups is 1. The number of rotatable bonds is 6. The molecule has 130 valence electrons. The molecule has 1 aliphatic rings. The lowest BCUT2D eigenvalue weighted by atomic mass is 9.79. The van der Waals surface area contributed by atoms with Gasteiger partial charge in [-0.2, -0.15) is 0 Å². The maximum Gasteiger partial charge on any atom is 0.254 e. The number of nitrogens with zero attached hydrogens (tertiary/aromatic N) is 1. The van der Waals surface area contributed by atoms with Crippen LogP contribution in [-0.2, 0) is 13.0 Å². The highest BCUT2D eigenvalue weighted by atomic mass is 16.3. The van der Waals surface area contributed by atoms with Gasteiger partial charge in [0.2, 0.25) is 0 Å². The van der Waals surface area contributed by atoms with Crippen molar-refractivity contribution in [1.82, 2.24) is 4.90 Å². The molecule has 0 radical (unpaired) electrons. The molecule has 0 aromatic heterocycles. The molecule has 0 saturated heterocycles. The van der Waals surface area contributed by atoms with Gasteiger partial charge >= 0.3 is 0 Å². The van der Waals surface area contributed by atoms with E-state index in [1.165, 1.54) is 0 Å². The third-order valence-corrected chi connectivity index (χ3v) is 5.50. The Morgan fingerprint density at radius 1 is 1.20 bits per heavy atom. The van der Waals surface area contributed by atoms with Crippen LogP contribution >= 0.6 is 0 Å². The number of fused-ring (bicyclic) bond motifs is 1. The van der Waals surface area contributed by atoms with Crippen LogP contribution in [0.5, 0.6) is 0 Å². The zero-order valence-electron chi connectivity index (χ0n) is 14.9. The van der Waals surface area contributed by atoms with Crippen LogP contribution in [0.4, 0.5) is 0 Å². The van der Waals surface area contributed by atoms with E-state index in [2.05, 4.69) is 6.58 Å². The Morgan fingerprint density at radius 3 is 2.48 bits per heavy atom. The Hall–Kier alpha value is -2.39. The van der Waals surface area contributed by atoms with Gasteiger partial charge in [0, 0.05) is 18.0 Å². The monoisotopic (exact) mass is 335 g/mol. The van der Waals surface area contributed by atoms with E-state index in [1.54, 1.807) is 11.0 Å². The molecule has 2 aromatic rings. The molecule has 1 N–H and O–H groups in total. The van der Waals surface area contributed by atoms with Crippen LogP contribution in [-0.4, -0.2) is 27.6 Å². The van der Waals surface area contributed by atoms with Crippen LogP contribution in [0, 0.1) is 5.92 Å². The standard InChI is InChI=1S/C22H25NO2/c1-4-19(14-17-10-6-5-7-11-17)22(3,25)16(2)23-15-18-12-8-9-13-20(18)21(23)24/h4-13,16,19,25H,1,14-15H2,2-3H3/t16-,19-,22-/m0/s1. The largest absolute Gasteiger partial charge is 0.387 e. The van der Waals surface area contributed by atoms with Crippen LogP contribution < -0.4 is 0 Å². The minimum atomic E-state index is -1.07. The molecule has 0 aliphatic carbocycles. The Bertz CT molecular complexity index is 767. The van der Waals surface area contributed by atoms with E-state index in [0.29, 0.717) is 13.0 Å². The molecule has 0 unspecified atom stereocenters. The predicted octanol–water partition coefficient (Wildman–Crippen LogP) is 3.83. The molecule has 1 amide bonds. The topological polar surface area (TPSA) is 40.5 Å². The van der Waals surface area contributed by atoms with Crippen molar-refractivity contribution in [3.63, 3.8) is 0 Å². The molecule has 25 heavy (non-hydrogen) atoms. The Morgan fingerprint density at radius 2 is 1.84 bits per heavy atom. The van der Waals surface area contributed by atoms with Crippen LogP contribution in [0.2, 0.25) is 0 Å². The predicted molar refractivity (Wildman–Crippen MR) is 100 cm³/mol. The molecule has 3 atom stereocenters. The fourth-order valence-corrected chi connectivity index (χ4v) is 3.61. The van der Waals surface area contributed by atoms with Crippen molar-refractivity contribution in [3.8, 4) is 0 Å². The van der Waals surface area contributed by atoms with Gasteiger partial charge in [0.15, 0.2) is 0 Å². The molecule has 1 heterocycles. The normalized spacial score (nSPS) is 18.4. The van der Waals surface area contributed by atoms with Crippen molar-refractivity contribution in [3.05, 3.63) is 83.9 Å². The van der Waals surface area contributed by atoms with Gasteiger partial charge in [-0.25, -0.2) is 0 Å². The molecule has 0 spiro atoms. The fraction of sp³-hybridized carbons (Fsp3) is 0.318. The summed E-state index contributed by atoms with van der Waals surface area (Å²) in [5, 5.41) is 11.3. The first-order valence-electron chi connectivity index (χ1n) is 8.73. The first kappa shape index (κ1) is 17.4. The van der Waals surface area contributed by atoms with E-state index in [9.17, 15) is 9.90 Å². The number of amides is 1. The second kappa shape index (κ2) is 6.85. The summed E-state index contributed by atoms with van der Waals surface area (Å²) < 4.78 is 0. The molecule has 1 aliphatic heterocycles. The lowest BCUT2D eigenvalue weighted by Crippen LogP contribution is -2.53. The lowest BCUT2D eigenvalue weighted by molar-refractivity contribution is -0.0488. The lowest BCUT2D eigenvalue weighted by Gasteiger charge is -2.41. The van der Waals surface area contributed by atoms with Crippen molar-refractivity contribution < 1.29 is 9.90 Å². The van der Waals surface area contributed by atoms with Crippen LogP contribution in [0.3, 0.4) is 0 Å². The molecular formula is C22H25NO2. The smallest absolute Gasteiger partial charge is 0.254 e. The van der Waals surface area contributed by atoms with Gasteiger partial charge in [-0.3, -0.25) is 4.79 Å². The minimum Gasteiger partial charge on any atom is -0.387 e. The summed E-state index contributed by atoms with van der Waals surface area (Å²) in [4.78, 5) is 14.5. The van der Waals surface area contributed by atoms with Crippen LogP contribution in [0.25, 0.3) is 0 Å². The molecule has 2 aromatic carbocycles. The number of benzene rings is 2. The Balaban J connectivity index is 1.81. The van der Waals surface area contributed by atoms with Crippen molar-refractivity contribution in [2.75, 3.05) is 0 Å². The molecule has 0 bridgehead atoms. The summed E-state index contributed by atoms with van der Waals surface area (Å²) in [6, 6.07) is 17.4. The van der Waals surface area contributed by atoms with Gasteiger partial charge in [0.05, 0.1) is 11.6 Å². The Labute approximate surface area is 149 Å². The quantitative estimate of drug-likeness (QED) is 0.815. The van der Waals surface area contributed by atoms with Crippen molar-refractivity contribution in [2.24, 2.45) is 5.92 Å². The summed E-state index contributed by atoms with van der Waals surface area (Å²) >= 11 is 0. The van der Waals surface area contributed by atoms with Crippen molar-refractivity contribution >= 4 is 5.91 Å². The van der Waals surface area contributed by atoms with E-state index < -0.39 is 5.60 Å². The van der Waals surface area contributed by atoms with Crippen molar-refractivity contribution in [1.29, 1.82) is 0 Å². The maximum absolute atomic E-state index is 12.7. The average molecular weight is 335 g/mol. The van der Waals surface area contributed by atoms with Gasteiger partial charge in [0.1, 0.15) is 0 Å². The number of hydrogen-bond acceptors (Lipinski definition) is 2. The van der Waals surface area contributed by atoms with Crippen LogP contribution in [0.1, 0.15) is 35.3 Å². The minimum absolute atomic E-state index is 0.00843. The van der Waals surface area contributed by atoms with Gasteiger partial charge < -0.3 is 10.0 Å². The van der Waals surface area contributed by atoms with E-state index in [0.717, 1.165) is 16.7 Å². The number of carbonyl (C=O) groups excluding carboxylic acids is 1. The van der Waals surface area contributed by atoms with Crippen LogP contribution in [0.15, 0.2) is 67.3 Å². The van der Waals surface area contributed by atoms with Gasteiger partial charge in [0.25, 0.3) is 5.91 Å². The van der Waals surface area contributed by atoms with E-state index >= 15 is 0 Å². The summed E-state index contributed by atoms with van der Waals surface area (Å²) in [5.41, 5.74) is 1.84. The number of carbonyl (C=O) groups is 1. The van der Waals surface area contributed by atoms with E-state index in [4.69, 9.17) is 0 Å². The molecule has 0 fully saturated rings. The third-order valence-electron chi connectivity index (χ3n) is 5.50. The molecule has 0 saturated carbocycles. The summed E-state index contributed by atoms with van der Waals surface area (Å²) in [7, 11) is 0. The zero-order valence-corrected chi connectivity index (χ0v) is 14.9. The molecule has 3 heteroatoms. The highest BCUT2D eigenvalue weighted by Gasteiger charge is 2.43. The number of hydrogen-bond donors (Lipinski definition) is 1. The second-order valence-corrected chi connectivity index (χ2v) is 7.02. The molecule has 3 rings (SSSR count). The van der Waals surface area contributed by atoms with Crippen molar-refractivity contribution in [2.45, 2.75) is 38.5 Å². The fourth-order valence-electron chi connectivity index (χ4n) is 3.61. The summed E-state index contributed by atoms with van der Waals surface area (Å²) in [6.45, 7) is 8.20. The van der Waals surface area contributed by atoms with Gasteiger partial charge in [-0.1, -0.05) is 54.6 Å². The second-order valence-electron chi connectivity index (χ2n) is 7.02. The molecule has 3 nitrogen and oxygen atoms in total. The highest BCUT2D eigenvalue weighted by molar-refractivity contribution is 5.98. The molecular weight excluding hydrogens is 310 g/mol. The van der Waals surface area contributed by atoms with E-state index in [-0.39, 0.29) is 17.9 Å². The SMILES string of the molecule is C=C[C@@H](Cc1ccccc1)[C@@](C)(O)[C@H](C)N1Cc2ccccc2C1=O. The third kappa shape index (κ3) is 3.24. The first-order chi connectivity index (χ1) is 11.9. The highest BCUT2D eigenvalue weighted by Crippen LogP contribution is 2.33. The van der Waals surface area contributed by atoms with Gasteiger partial charge in [-0.15, -0.1) is 6.58 Å². The first-order valence-corrected chi connectivity index (χ1v) is 8.73. The maximum atomic E-state index is 12.7. The summed E-state index contributed by atoms with van der Waals surface area (Å²) in [5.74, 6) is -0.160. The Kier molecular flexibility index (Phi) is 4.78. The zero-order chi connectivity index (χ0) is 18.0. The van der Waals surface area contributed by atoms with E-state index in [1.807, 2.05) is 68.4 Å².